The summed E-state index contributed by atoms with van der Waals surface area (Å²) >= 11 is 0. The molecule has 2 aromatic rings. The molecule has 0 atom stereocenters. The summed E-state index contributed by atoms with van der Waals surface area (Å²) in [6.45, 7) is 4.01. The van der Waals surface area contributed by atoms with Gasteiger partial charge in [-0.05, 0) is 50.3 Å². The zero-order chi connectivity index (χ0) is 17.3. The highest BCUT2D eigenvalue weighted by molar-refractivity contribution is 6.00. The lowest BCUT2D eigenvalue weighted by atomic mass is 10.0. The molecule has 5 heteroatoms. The molecule has 1 heterocycles. The van der Waals surface area contributed by atoms with Crippen molar-refractivity contribution in [2.45, 2.75) is 46.0 Å². The topological polar surface area (TPSA) is 64.0 Å². The van der Waals surface area contributed by atoms with Crippen molar-refractivity contribution in [1.82, 2.24) is 9.78 Å². The Hall–Kier alpha value is -2.43. The fourth-order valence-electron chi connectivity index (χ4n) is 3.16. The number of hydrogen-bond donors (Lipinski definition) is 1. The van der Waals surface area contributed by atoms with Crippen LogP contribution in [0.3, 0.4) is 0 Å². The van der Waals surface area contributed by atoms with Gasteiger partial charge in [0.2, 0.25) is 5.91 Å². The van der Waals surface area contributed by atoms with E-state index in [2.05, 4.69) is 10.4 Å². The fourth-order valence-corrected chi connectivity index (χ4v) is 3.16. The van der Waals surface area contributed by atoms with Gasteiger partial charge in [0.1, 0.15) is 5.82 Å². The van der Waals surface area contributed by atoms with Crippen LogP contribution in [0.25, 0.3) is 0 Å². The number of carbonyl (C=O) groups is 2. The van der Waals surface area contributed by atoms with Gasteiger partial charge in [-0.15, -0.1) is 0 Å². The molecule has 0 bridgehead atoms. The number of aryl methyl sites for hydroxylation is 4. The average molecular weight is 325 g/mol. The van der Waals surface area contributed by atoms with Gasteiger partial charge in [0.05, 0.1) is 5.69 Å². The molecule has 1 aliphatic carbocycles. The lowest BCUT2D eigenvalue weighted by Gasteiger charge is -2.08. The van der Waals surface area contributed by atoms with Crippen molar-refractivity contribution in [1.29, 1.82) is 0 Å². The first-order valence-electron chi connectivity index (χ1n) is 8.40. The Morgan fingerprint density at radius 3 is 2.71 bits per heavy atom. The lowest BCUT2D eigenvalue weighted by Crippen LogP contribution is -2.16. The molecule has 3 rings (SSSR count). The Morgan fingerprint density at radius 2 is 1.96 bits per heavy atom. The van der Waals surface area contributed by atoms with Gasteiger partial charge < -0.3 is 5.32 Å². The highest BCUT2D eigenvalue weighted by Gasteiger charge is 2.22. The van der Waals surface area contributed by atoms with E-state index < -0.39 is 0 Å². The predicted molar refractivity (Wildman–Crippen MR) is 93.3 cm³/mol. The van der Waals surface area contributed by atoms with Crippen molar-refractivity contribution >= 4 is 17.5 Å². The predicted octanol–water partition coefficient (Wildman–Crippen LogP) is 3.13. The first-order valence-corrected chi connectivity index (χ1v) is 8.40. The van der Waals surface area contributed by atoms with Crippen molar-refractivity contribution in [3.63, 3.8) is 0 Å². The zero-order valence-corrected chi connectivity index (χ0v) is 14.5. The Kier molecular flexibility index (Phi) is 4.51. The standard InChI is InChI=1S/C19H23N3O2/c1-12-7-8-14(11-13(12)2)17(23)9-10-18(24)20-19-15-5-4-6-16(15)21-22(19)3/h7-8,11H,4-6,9-10H2,1-3H3,(H,20,24). The van der Waals surface area contributed by atoms with Gasteiger partial charge in [0.25, 0.3) is 0 Å². The van der Waals surface area contributed by atoms with E-state index in [1.54, 1.807) is 4.68 Å². The summed E-state index contributed by atoms with van der Waals surface area (Å²) in [7, 11) is 1.84. The second kappa shape index (κ2) is 6.59. The molecule has 0 spiro atoms. The average Bonchev–Trinajstić information content (AvgIpc) is 3.10. The zero-order valence-electron chi connectivity index (χ0n) is 14.5. The monoisotopic (exact) mass is 325 g/mol. The number of anilines is 1. The third-order valence-corrected chi connectivity index (χ3v) is 4.73. The van der Waals surface area contributed by atoms with Crippen LogP contribution in [0.15, 0.2) is 18.2 Å². The molecule has 5 nitrogen and oxygen atoms in total. The van der Waals surface area contributed by atoms with E-state index in [-0.39, 0.29) is 24.5 Å². The van der Waals surface area contributed by atoms with Crippen molar-refractivity contribution in [2.24, 2.45) is 7.05 Å². The van der Waals surface area contributed by atoms with E-state index in [0.717, 1.165) is 47.5 Å². The van der Waals surface area contributed by atoms with E-state index >= 15 is 0 Å². The van der Waals surface area contributed by atoms with E-state index in [1.807, 2.05) is 39.1 Å². The van der Waals surface area contributed by atoms with Crippen LogP contribution in [0, 0.1) is 13.8 Å². The quantitative estimate of drug-likeness (QED) is 0.859. The maximum atomic E-state index is 12.3. The molecule has 1 aromatic carbocycles. The van der Waals surface area contributed by atoms with Crippen LogP contribution in [0.1, 0.15) is 52.0 Å². The fraction of sp³-hybridized carbons (Fsp3) is 0.421. The smallest absolute Gasteiger partial charge is 0.225 e. The van der Waals surface area contributed by atoms with Crippen molar-refractivity contribution in [3.8, 4) is 0 Å². The molecule has 1 aliphatic rings. The Labute approximate surface area is 142 Å². The molecule has 0 saturated carbocycles. The van der Waals surface area contributed by atoms with Crippen molar-refractivity contribution in [2.75, 3.05) is 5.32 Å². The Bertz CT molecular complexity index is 805. The molecule has 0 aliphatic heterocycles. The van der Waals surface area contributed by atoms with Crippen LogP contribution < -0.4 is 5.32 Å². The van der Waals surface area contributed by atoms with Crippen molar-refractivity contribution < 1.29 is 9.59 Å². The van der Waals surface area contributed by atoms with E-state index in [9.17, 15) is 9.59 Å². The maximum absolute atomic E-state index is 12.3. The Morgan fingerprint density at radius 1 is 1.17 bits per heavy atom. The number of nitrogens with zero attached hydrogens (tertiary/aromatic N) is 2. The van der Waals surface area contributed by atoms with Gasteiger partial charge in [0.15, 0.2) is 5.78 Å². The number of fused-ring (bicyclic) bond motifs is 1. The van der Waals surface area contributed by atoms with E-state index in [1.165, 1.54) is 0 Å². The van der Waals surface area contributed by atoms with Crippen LogP contribution >= 0.6 is 0 Å². The molecular weight excluding hydrogens is 302 g/mol. The first-order chi connectivity index (χ1) is 11.5. The normalized spacial score (nSPS) is 13.0. The summed E-state index contributed by atoms with van der Waals surface area (Å²) in [6, 6.07) is 5.67. The number of carbonyl (C=O) groups excluding carboxylic acids is 2. The number of benzene rings is 1. The van der Waals surface area contributed by atoms with Crippen molar-refractivity contribution in [3.05, 3.63) is 46.1 Å². The summed E-state index contributed by atoms with van der Waals surface area (Å²) < 4.78 is 1.73. The molecule has 1 N–H and O–H groups in total. The second-order valence-corrected chi connectivity index (χ2v) is 6.52. The molecule has 126 valence electrons. The number of rotatable bonds is 5. The molecule has 1 aromatic heterocycles. The van der Waals surface area contributed by atoms with Crippen LogP contribution in [0.4, 0.5) is 5.82 Å². The van der Waals surface area contributed by atoms with E-state index in [4.69, 9.17) is 0 Å². The van der Waals surface area contributed by atoms with Crippen LogP contribution in [-0.4, -0.2) is 21.5 Å². The van der Waals surface area contributed by atoms with Gasteiger partial charge in [0, 0.05) is 31.0 Å². The molecule has 0 fully saturated rings. The second-order valence-electron chi connectivity index (χ2n) is 6.52. The van der Waals surface area contributed by atoms with Crippen LogP contribution in [-0.2, 0) is 24.7 Å². The van der Waals surface area contributed by atoms with Gasteiger partial charge in [-0.3, -0.25) is 14.3 Å². The summed E-state index contributed by atoms with van der Waals surface area (Å²) in [4.78, 5) is 24.5. The van der Waals surface area contributed by atoms with Gasteiger partial charge in [-0.1, -0.05) is 12.1 Å². The van der Waals surface area contributed by atoms with Gasteiger partial charge in [-0.2, -0.15) is 5.10 Å². The highest BCUT2D eigenvalue weighted by Crippen LogP contribution is 2.28. The number of Topliss-reactive ketones (excluding diaryl/α,β-unsaturated/α-hetero) is 1. The summed E-state index contributed by atoms with van der Waals surface area (Å²) in [5, 5.41) is 7.37. The van der Waals surface area contributed by atoms with E-state index in [0.29, 0.717) is 5.56 Å². The van der Waals surface area contributed by atoms with Crippen LogP contribution in [0.2, 0.25) is 0 Å². The largest absolute Gasteiger partial charge is 0.311 e. The number of nitrogens with one attached hydrogen (secondary N) is 1. The third kappa shape index (κ3) is 3.25. The summed E-state index contributed by atoms with van der Waals surface area (Å²) in [5.41, 5.74) is 5.16. The molecule has 0 radical (unpaired) electrons. The van der Waals surface area contributed by atoms with Gasteiger partial charge in [-0.25, -0.2) is 0 Å². The maximum Gasteiger partial charge on any atom is 0.225 e. The molecule has 24 heavy (non-hydrogen) atoms. The molecule has 0 unspecified atom stereocenters. The lowest BCUT2D eigenvalue weighted by molar-refractivity contribution is -0.116. The van der Waals surface area contributed by atoms with Gasteiger partial charge >= 0.3 is 0 Å². The van der Waals surface area contributed by atoms with Crippen LogP contribution in [0.5, 0.6) is 0 Å². The number of amides is 1. The third-order valence-electron chi connectivity index (χ3n) is 4.73. The Balaban J connectivity index is 1.60. The molecule has 0 saturated heterocycles. The first kappa shape index (κ1) is 16.4. The highest BCUT2D eigenvalue weighted by atomic mass is 16.2. The summed E-state index contributed by atoms with van der Waals surface area (Å²) in [6.07, 6.45) is 3.43. The number of ketones is 1. The molecule has 1 amide bonds. The number of hydrogen-bond acceptors (Lipinski definition) is 3. The minimum atomic E-state index is -0.134. The SMILES string of the molecule is Cc1ccc(C(=O)CCC(=O)Nc2c3c(nn2C)CCC3)cc1C. The molecular formula is C19H23N3O2. The minimum Gasteiger partial charge on any atom is -0.311 e. The number of aromatic nitrogens is 2. The summed E-state index contributed by atoms with van der Waals surface area (Å²) in [5.74, 6) is 0.652. The minimum absolute atomic E-state index is 0.00323.